The van der Waals surface area contributed by atoms with Crippen molar-refractivity contribution in [2.45, 2.75) is 25.4 Å². The first kappa shape index (κ1) is 12.8. The van der Waals surface area contributed by atoms with Gasteiger partial charge < -0.3 is 4.90 Å². The van der Waals surface area contributed by atoms with E-state index < -0.39 is 0 Å². The summed E-state index contributed by atoms with van der Waals surface area (Å²) in [5.41, 5.74) is -0.308. The largest absolute Gasteiger partial charge is 0.341 e. The van der Waals surface area contributed by atoms with Crippen LogP contribution >= 0.6 is 31.9 Å². The van der Waals surface area contributed by atoms with Crippen LogP contribution in [-0.2, 0) is 11.3 Å². The third-order valence-corrected chi connectivity index (χ3v) is 4.62. The van der Waals surface area contributed by atoms with Crippen molar-refractivity contribution in [1.29, 1.82) is 0 Å². The number of carbonyl (C=O) groups is 1. The summed E-state index contributed by atoms with van der Waals surface area (Å²) in [6.07, 6.45) is 3.60. The number of hydrogen-bond donors (Lipinski definition) is 0. The molecule has 0 atom stereocenters. The number of amides is 1. The lowest BCUT2D eigenvalue weighted by Crippen LogP contribution is -2.36. The molecule has 0 saturated heterocycles. The van der Waals surface area contributed by atoms with Crippen LogP contribution in [0.4, 0.5) is 0 Å². The lowest BCUT2D eigenvalue weighted by molar-refractivity contribution is -0.131. The summed E-state index contributed by atoms with van der Waals surface area (Å²) in [5, 5.41) is 3.92. The van der Waals surface area contributed by atoms with Gasteiger partial charge in [-0.3, -0.25) is 9.59 Å². The Bertz CT molecular complexity index is 511. The van der Waals surface area contributed by atoms with E-state index in [1.165, 1.54) is 6.20 Å². The van der Waals surface area contributed by atoms with E-state index in [0.717, 1.165) is 17.5 Å². The maximum Gasteiger partial charge on any atom is 0.282 e. The van der Waals surface area contributed by atoms with E-state index in [1.807, 2.05) is 0 Å². The van der Waals surface area contributed by atoms with Gasteiger partial charge in [-0.2, -0.15) is 5.10 Å². The van der Waals surface area contributed by atoms with Crippen molar-refractivity contribution in [1.82, 2.24) is 14.7 Å². The van der Waals surface area contributed by atoms with E-state index in [2.05, 4.69) is 37.0 Å². The van der Waals surface area contributed by atoms with Crippen LogP contribution in [0, 0.1) is 0 Å². The fraction of sp³-hybridized carbons (Fsp3) is 0.500. The van der Waals surface area contributed by atoms with Crippen LogP contribution in [-0.4, -0.2) is 33.7 Å². The molecule has 1 heterocycles. The van der Waals surface area contributed by atoms with Crippen LogP contribution in [0.15, 0.2) is 19.9 Å². The van der Waals surface area contributed by atoms with Gasteiger partial charge in [0.2, 0.25) is 5.91 Å². The van der Waals surface area contributed by atoms with Crippen molar-refractivity contribution in [3.05, 3.63) is 25.5 Å². The predicted octanol–water partition coefficient (Wildman–Crippen LogP) is 1.39. The molecule has 0 aliphatic heterocycles. The van der Waals surface area contributed by atoms with E-state index in [0.29, 0.717) is 15.0 Å². The van der Waals surface area contributed by atoms with Crippen LogP contribution in [0.1, 0.15) is 12.8 Å². The molecule has 17 heavy (non-hydrogen) atoms. The van der Waals surface area contributed by atoms with Gasteiger partial charge in [0.1, 0.15) is 11.0 Å². The molecule has 5 nitrogen and oxygen atoms in total. The molecular weight excluding hydrogens is 354 g/mol. The maximum atomic E-state index is 11.8. The highest BCUT2D eigenvalue weighted by Gasteiger charge is 2.29. The Hall–Kier alpha value is -0.690. The van der Waals surface area contributed by atoms with Gasteiger partial charge in [-0.05, 0) is 44.7 Å². The van der Waals surface area contributed by atoms with Crippen LogP contribution in [0.5, 0.6) is 0 Å². The molecule has 1 fully saturated rings. The monoisotopic (exact) mass is 363 g/mol. The number of carbonyl (C=O) groups excluding carboxylic acids is 1. The normalized spacial score (nSPS) is 14.8. The van der Waals surface area contributed by atoms with Crippen LogP contribution in [0.25, 0.3) is 0 Å². The Morgan fingerprint density at radius 1 is 1.59 bits per heavy atom. The molecule has 0 bridgehead atoms. The molecule has 1 amide bonds. The first-order valence-corrected chi connectivity index (χ1v) is 6.76. The van der Waals surface area contributed by atoms with E-state index in [-0.39, 0.29) is 18.0 Å². The van der Waals surface area contributed by atoms with E-state index in [9.17, 15) is 9.59 Å². The van der Waals surface area contributed by atoms with Crippen LogP contribution in [0.2, 0.25) is 0 Å². The van der Waals surface area contributed by atoms with Crippen molar-refractivity contribution >= 4 is 37.8 Å². The first-order chi connectivity index (χ1) is 8.00. The quantitative estimate of drug-likeness (QED) is 0.814. The molecule has 7 heteroatoms. The topological polar surface area (TPSA) is 55.2 Å². The van der Waals surface area contributed by atoms with Gasteiger partial charge in [0.15, 0.2) is 0 Å². The Morgan fingerprint density at radius 2 is 2.24 bits per heavy atom. The molecule has 1 saturated carbocycles. The molecule has 1 aromatic heterocycles. The molecule has 0 unspecified atom stereocenters. The van der Waals surface area contributed by atoms with Gasteiger partial charge in [-0.1, -0.05) is 0 Å². The average molecular weight is 365 g/mol. The summed E-state index contributed by atoms with van der Waals surface area (Å²) in [4.78, 5) is 25.3. The Balaban J connectivity index is 2.16. The van der Waals surface area contributed by atoms with E-state index in [1.54, 1.807) is 11.9 Å². The summed E-state index contributed by atoms with van der Waals surface area (Å²) >= 11 is 6.34. The second-order valence-electron chi connectivity index (χ2n) is 4.01. The van der Waals surface area contributed by atoms with Gasteiger partial charge in [-0.15, -0.1) is 0 Å². The molecule has 1 aromatic rings. The smallest absolute Gasteiger partial charge is 0.282 e. The molecule has 1 aliphatic rings. The molecular formula is C10H11Br2N3O2. The van der Waals surface area contributed by atoms with Crippen molar-refractivity contribution in [2.75, 3.05) is 7.05 Å². The van der Waals surface area contributed by atoms with Crippen LogP contribution in [0.3, 0.4) is 0 Å². The van der Waals surface area contributed by atoms with Crippen molar-refractivity contribution in [2.24, 2.45) is 0 Å². The molecule has 0 N–H and O–H groups in total. The zero-order valence-electron chi connectivity index (χ0n) is 9.19. The molecule has 1 aliphatic carbocycles. The third kappa shape index (κ3) is 2.77. The summed E-state index contributed by atoms with van der Waals surface area (Å²) in [5.74, 6) is -0.0867. The van der Waals surface area contributed by atoms with Gasteiger partial charge in [0, 0.05) is 13.1 Å². The van der Waals surface area contributed by atoms with Gasteiger partial charge in [0.25, 0.3) is 5.56 Å². The molecule has 0 spiro atoms. The number of halogens is 2. The SMILES string of the molecule is CN(C(=O)Cn1ncc(Br)c(Br)c1=O)C1CC1. The molecule has 92 valence electrons. The van der Waals surface area contributed by atoms with Crippen LogP contribution < -0.4 is 5.56 Å². The lowest BCUT2D eigenvalue weighted by Gasteiger charge is -2.16. The van der Waals surface area contributed by atoms with E-state index in [4.69, 9.17) is 0 Å². The van der Waals surface area contributed by atoms with E-state index >= 15 is 0 Å². The Morgan fingerprint density at radius 3 is 2.82 bits per heavy atom. The van der Waals surface area contributed by atoms with Crippen molar-refractivity contribution in [3.63, 3.8) is 0 Å². The number of likely N-dealkylation sites (N-methyl/N-ethyl adjacent to an activating group) is 1. The zero-order valence-corrected chi connectivity index (χ0v) is 12.4. The Labute approximate surface area is 115 Å². The number of rotatable bonds is 3. The van der Waals surface area contributed by atoms with Gasteiger partial charge in [-0.25, -0.2) is 4.68 Å². The second-order valence-corrected chi connectivity index (χ2v) is 5.65. The minimum atomic E-state index is -0.308. The minimum Gasteiger partial charge on any atom is -0.341 e. The maximum absolute atomic E-state index is 11.8. The lowest BCUT2D eigenvalue weighted by atomic mass is 10.4. The van der Waals surface area contributed by atoms with Gasteiger partial charge in [0.05, 0.1) is 10.7 Å². The number of aromatic nitrogens is 2. The highest BCUT2D eigenvalue weighted by atomic mass is 79.9. The second kappa shape index (κ2) is 4.89. The summed E-state index contributed by atoms with van der Waals surface area (Å²) in [6, 6.07) is 0.345. The highest BCUT2D eigenvalue weighted by molar-refractivity contribution is 9.13. The first-order valence-electron chi connectivity index (χ1n) is 5.17. The molecule has 0 radical (unpaired) electrons. The van der Waals surface area contributed by atoms with Crippen molar-refractivity contribution in [3.8, 4) is 0 Å². The number of hydrogen-bond acceptors (Lipinski definition) is 3. The predicted molar refractivity (Wildman–Crippen MR) is 69.7 cm³/mol. The van der Waals surface area contributed by atoms with Gasteiger partial charge >= 0.3 is 0 Å². The fourth-order valence-electron chi connectivity index (χ4n) is 1.46. The standard InChI is InChI=1S/C10H11Br2N3O2/c1-14(6-2-3-6)8(16)5-15-10(17)9(12)7(11)4-13-15/h4,6H,2-3,5H2,1H3. The highest BCUT2D eigenvalue weighted by Crippen LogP contribution is 2.25. The van der Waals surface area contributed by atoms with Crippen molar-refractivity contribution < 1.29 is 4.79 Å². The average Bonchev–Trinajstić information content (AvgIpc) is 3.13. The summed E-state index contributed by atoms with van der Waals surface area (Å²) < 4.78 is 2.13. The zero-order chi connectivity index (χ0) is 12.6. The minimum absolute atomic E-state index is 0.0162. The number of nitrogens with zero attached hydrogens (tertiary/aromatic N) is 3. The fourth-order valence-corrected chi connectivity index (χ4v) is 2.03. The summed E-state index contributed by atoms with van der Waals surface area (Å²) in [7, 11) is 1.76. The molecule has 2 rings (SSSR count). The third-order valence-electron chi connectivity index (χ3n) is 2.72. The summed E-state index contributed by atoms with van der Waals surface area (Å²) in [6.45, 7) is -0.0162. The molecule has 0 aromatic carbocycles. The Kier molecular flexibility index (Phi) is 3.67.